The summed E-state index contributed by atoms with van der Waals surface area (Å²) in [6, 6.07) is 5.92. The number of hydrogen-bond acceptors (Lipinski definition) is 3. The number of ether oxygens (including phenoxy) is 1. The van der Waals surface area contributed by atoms with Gasteiger partial charge in [-0.05, 0) is 25.0 Å². The van der Waals surface area contributed by atoms with Crippen LogP contribution in [0.1, 0.15) is 33.6 Å². The lowest BCUT2D eigenvalue weighted by molar-refractivity contribution is -0.142. The van der Waals surface area contributed by atoms with Gasteiger partial charge in [0, 0.05) is 36.2 Å². The molecule has 7 heteroatoms. The second-order valence-electron chi connectivity index (χ2n) is 7.21. The molecule has 1 fully saturated rings. The first kappa shape index (κ1) is 19.1. The van der Waals surface area contributed by atoms with Gasteiger partial charge in [0.2, 0.25) is 11.8 Å². The predicted octanol–water partition coefficient (Wildman–Crippen LogP) is 3.51. The number of rotatable bonds is 4. The molecule has 1 aromatic carbocycles. The van der Waals surface area contributed by atoms with Crippen molar-refractivity contribution in [3.63, 3.8) is 0 Å². The van der Waals surface area contributed by atoms with Gasteiger partial charge in [-0.3, -0.25) is 9.59 Å². The number of likely N-dealkylation sites (tertiary alicyclic amines) is 1. The van der Waals surface area contributed by atoms with Crippen LogP contribution in [0.5, 0.6) is 5.75 Å². The Kier molecular flexibility index (Phi) is 5.98. The number of anilines is 1. The molecule has 5 nitrogen and oxygen atoms in total. The zero-order valence-corrected chi connectivity index (χ0v) is 14.7. The second-order valence-corrected chi connectivity index (χ2v) is 7.21. The van der Waals surface area contributed by atoms with Crippen LogP contribution in [-0.2, 0) is 9.59 Å². The average molecular weight is 354 g/mol. The quantitative estimate of drug-likeness (QED) is 0.900. The van der Waals surface area contributed by atoms with E-state index in [-0.39, 0.29) is 23.5 Å². The van der Waals surface area contributed by atoms with Gasteiger partial charge in [0.15, 0.2) is 0 Å². The van der Waals surface area contributed by atoms with Crippen LogP contribution in [-0.4, -0.2) is 36.4 Å². The lowest BCUT2D eigenvalue weighted by Crippen LogP contribution is -2.45. The fourth-order valence-corrected chi connectivity index (χ4v) is 2.81. The highest BCUT2D eigenvalue weighted by molar-refractivity contribution is 5.93. The van der Waals surface area contributed by atoms with E-state index in [1.54, 1.807) is 11.0 Å². The highest BCUT2D eigenvalue weighted by Crippen LogP contribution is 2.25. The standard InChI is InChI=1S/C18H24F2N2O3/c1-18(2,3)16(24)22-9-7-12(8-10-22)15(23)21-13-5-4-6-14(11-13)25-17(19)20/h4-6,11-12,17H,7-10H2,1-3H3,(H,21,23). The van der Waals surface area contributed by atoms with Crippen molar-refractivity contribution in [2.75, 3.05) is 18.4 Å². The Balaban J connectivity index is 1.90. The van der Waals surface area contributed by atoms with E-state index >= 15 is 0 Å². The minimum Gasteiger partial charge on any atom is -0.435 e. The molecular weight excluding hydrogens is 330 g/mol. The number of halogens is 2. The third-order valence-corrected chi connectivity index (χ3v) is 4.12. The van der Waals surface area contributed by atoms with E-state index in [1.165, 1.54) is 18.2 Å². The van der Waals surface area contributed by atoms with Crippen LogP contribution >= 0.6 is 0 Å². The van der Waals surface area contributed by atoms with Gasteiger partial charge in [-0.15, -0.1) is 0 Å². The summed E-state index contributed by atoms with van der Waals surface area (Å²) in [5.41, 5.74) is -0.0170. The van der Waals surface area contributed by atoms with E-state index in [9.17, 15) is 18.4 Å². The van der Waals surface area contributed by atoms with Gasteiger partial charge in [0.1, 0.15) is 5.75 Å². The number of nitrogens with one attached hydrogen (secondary N) is 1. The molecule has 1 aliphatic heterocycles. The lowest BCUT2D eigenvalue weighted by Gasteiger charge is -2.35. The smallest absolute Gasteiger partial charge is 0.387 e. The molecule has 0 atom stereocenters. The third kappa shape index (κ3) is 5.41. The van der Waals surface area contributed by atoms with E-state index in [1.807, 2.05) is 20.8 Å². The number of piperidine rings is 1. The van der Waals surface area contributed by atoms with Crippen molar-refractivity contribution in [3.8, 4) is 5.75 Å². The predicted molar refractivity (Wildman–Crippen MR) is 90.5 cm³/mol. The van der Waals surface area contributed by atoms with Crippen LogP contribution in [0.4, 0.5) is 14.5 Å². The fourth-order valence-electron chi connectivity index (χ4n) is 2.81. The fraction of sp³-hybridized carbons (Fsp3) is 0.556. The molecule has 0 aromatic heterocycles. The van der Waals surface area contributed by atoms with Crippen molar-refractivity contribution >= 4 is 17.5 Å². The molecule has 25 heavy (non-hydrogen) atoms. The van der Waals surface area contributed by atoms with E-state index in [0.29, 0.717) is 31.6 Å². The molecule has 2 amide bonds. The molecule has 0 radical (unpaired) electrons. The Bertz CT molecular complexity index is 621. The third-order valence-electron chi connectivity index (χ3n) is 4.12. The van der Waals surface area contributed by atoms with Crippen LogP contribution in [0.3, 0.4) is 0 Å². The number of hydrogen-bond donors (Lipinski definition) is 1. The summed E-state index contributed by atoms with van der Waals surface area (Å²) in [6.45, 7) is 3.81. The summed E-state index contributed by atoms with van der Waals surface area (Å²) in [5.74, 6) is -0.289. The molecule has 0 saturated carbocycles. The van der Waals surface area contributed by atoms with Gasteiger partial charge in [0.25, 0.3) is 0 Å². The van der Waals surface area contributed by atoms with E-state index in [0.717, 1.165) is 0 Å². The minimum absolute atomic E-state index is 0.00149. The lowest BCUT2D eigenvalue weighted by atomic mass is 9.90. The van der Waals surface area contributed by atoms with Crippen molar-refractivity contribution < 1.29 is 23.1 Å². The molecular formula is C18H24F2N2O3. The topological polar surface area (TPSA) is 58.6 Å². The molecule has 0 bridgehead atoms. The first-order chi connectivity index (χ1) is 11.7. The van der Waals surface area contributed by atoms with Crippen LogP contribution in [0.2, 0.25) is 0 Å². The molecule has 1 N–H and O–H groups in total. The first-order valence-electron chi connectivity index (χ1n) is 8.32. The maximum atomic E-state index is 12.4. The highest BCUT2D eigenvalue weighted by Gasteiger charge is 2.32. The van der Waals surface area contributed by atoms with Gasteiger partial charge >= 0.3 is 6.61 Å². The molecule has 1 saturated heterocycles. The normalized spacial score (nSPS) is 16.0. The molecule has 138 valence electrons. The Hall–Kier alpha value is -2.18. The Morgan fingerprint density at radius 3 is 2.44 bits per heavy atom. The first-order valence-corrected chi connectivity index (χ1v) is 8.32. The van der Waals surface area contributed by atoms with Crippen molar-refractivity contribution in [1.82, 2.24) is 4.90 Å². The van der Waals surface area contributed by atoms with Crippen molar-refractivity contribution in [2.45, 2.75) is 40.2 Å². The largest absolute Gasteiger partial charge is 0.435 e. The second kappa shape index (κ2) is 7.80. The summed E-state index contributed by atoms with van der Waals surface area (Å²) in [7, 11) is 0. The maximum absolute atomic E-state index is 12.4. The molecule has 0 spiro atoms. The zero-order valence-electron chi connectivity index (χ0n) is 14.7. The minimum atomic E-state index is -2.91. The summed E-state index contributed by atoms with van der Waals surface area (Å²) < 4.78 is 28.8. The average Bonchev–Trinajstić information content (AvgIpc) is 2.53. The molecule has 0 aliphatic carbocycles. The number of carbonyl (C=O) groups is 2. The highest BCUT2D eigenvalue weighted by atomic mass is 19.3. The number of amides is 2. The molecule has 0 unspecified atom stereocenters. The van der Waals surface area contributed by atoms with Gasteiger partial charge in [-0.2, -0.15) is 8.78 Å². The molecule has 1 aliphatic rings. The van der Waals surface area contributed by atoms with Gasteiger partial charge in [0.05, 0.1) is 0 Å². The van der Waals surface area contributed by atoms with Gasteiger partial charge in [-0.1, -0.05) is 26.8 Å². The van der Waals surface area contributed by atoms with Crippen LogP contribution in [0.15, 0.2) is 24.3 Å². The number of alkyl halides is 2. The Labute approximate surface area is 146 Å². The SMILES string of the molecule is CC(C)(C)C(=O)N1CCC(C(=O)Nc2cccc(OC(F)F)c2)CC1. The Morgan fingerprint density at radius 2 is 1.88 bits per heavy atom. The van der Waals surface area contributed by atoms with Crippen LogP contribution in [0, 0.1) is 11.3 Å². The summed E-state index contributed by atoms with van der Waals surface area (Å²) in [4.78, 5) is 26.4. The Morgan fingerprint density at radius 1 is 1.24 bits per heavy atom. The zero-order chi connectivity index (χ0) is 18.6. The monoisotopic (exact) mass is 354 g/mol. The van der Waals surface area contributed by atoms with E-state index in [2.05, 4.69) is 10.1 Å². The summed E-state index contributed by atoms with van der Waals surface area (Å²) >= 11 is 0. The van der Waals surface area contributed by atoms with Crippen molar-refractivity contribution in [1.29, 1.82) is 0 Å². The number of carbonyl (C=O) groups excluding carboxylic acids is 2. The van der Waals surface area contributed by atoms with Crippen molar-refractivity contribution in [3.05, 3.63) is 24.3 Å². The van der Waals surface area contributed by atoms with E-state index in [4.69, 9.17) is 0 Å². The molecule has 2 rings (SSSR count). The molecule has 1 heterocycles. The number of benzene rings is 1. The maximum Gasteiger partial charge on any atom is 0.387 e. The van der Waals surface area contributed by atoms with Crippen LogP contribution < -0.4 is 10.1 Å². The van der Waals surface area contributed by atoms with Crippen molar-refractivity contribution in [2.24, 2.45) is 11.3 Å². The van der Waals surface area contributed by atoms with Crippen LogP contribution in [0.25, 0.3) is 0 Å². The number of nitrogens with zero attached hydrogens (tertiary/aromatic N) is 1. The molecule has 1 aromatic rings. The van der Waals surface area contributed by atoms with Gasteiger partial charge in [-0.25, -0.2) is 0 Å². The van der Waals surface area contributed by atoms with Gasteiger partial charge < -0.3 is 15.0 Å². The van der Waals surface area contributed by atoms with E-state index < -0.39 is 12.0 Å². The summed E-state index contributed by atoms with van der Waals surface area (Å²) in [5, 5.41) is 2.73. The summed E-state index contributed by atoms with van der Waals surface area (Å²) in [6.07, 6.45) is 1.17.